The van der Waals surface area contributed by atoms with Gasteiger partial charge in [-0.3, -0.25) is 10.1 Å². The highest BCUT2D eigenvalue weighted by atomic mass is 16.4. The molecular weight excluding hydrogens is 316 g/mol. The molecule has 2 aromatic heterocycles. The lowest BCUT2D eigenvalue weighted by molar-refractivity contribution is -0.139. The zero-order chi connectivity index (χ0) is 17.2. The molecule has 1 aromatic carbocycles. The molecule has 5 nitrogen and oxygen atoms in total. The number of aromatic amines is 1. The summed E-state index contributed by atoms with van der Waals surface area (Å²) in [6.45, 7) is 0.437. The van der Waals surface area contributed by atoms with Crippen LogP contribution in [0, 0.1) is 0 Å². The molecule has 1 aliphatic carbocycles. The average molecular weight is 338 g/mol. The van der Waals surface area contributed by atoms with Gasteiger partial charge in [-0.1, -0.05) is 18.2 Å². The molecule has 0 aliphatic heterocycles. The van der Waals surface area contributed by atoms with E-state index in [0.717, 1.165) is 40.8 Å². The van der Waals surface area contributed by atoms with E-state index in [1.807, 2.05) is 30.5 Å². The number of carboxylic acid groups (broad SMARTS) is 1. The number of furan rings is 1. The number of hydrogen-bond acceptors (Lipinski definition) is 3. The first-order chi connectivity index (χ1) is 12.2. The molecule has 1 aliphatic rings. The van der Waals surface area contributed by atoms with Crippen LogP contribution in [0.2, 0.25) is 0 Å². The van der Waals surface area contributed by atoms with E-state index in [9.17, 15) is 9.90 Å². The average Bonchev–Trinajstić information content (AvgIpc) is 3.22. The number of hydrogen-bond donors (Lipinski definition) is 3. The van der Waals surface area contributed by atoms with Gasteiger partial charge < -0.3 is 14.5 Å². The maximum absolute atomic E-state index is 11.7. The first-order valence-electron chi connectivity index (χ1n) is 8.82. The molecule has 5 heteroatoms. The number of H-pyrrole nitrogens is 1. The van der Waals surface area contributed by atoms with E-state index in [2.05, 4.69) is 16.4 Å². The number of carbonyl (C=O) groups is 1. The lowest BCUT2D eigenvalue weighted by Crippen LogP contribution is -2.37. The summed E-state index contributed by atoms with van der Waals surface area (Å²) in [4.78, 5) is 14.9. The summed E-state index contributed by atoms with van der Waals surface area (Å²) < 4.78 is 5.88. The zero-order valence-electron chi connectivity index (χ0n) is 14.0. The fourth-order valence-electron chi connectivity index (χ4n) is 3.63. The monoisotopic (exact) mass is 338 g/mol. The normalized spacial score (nSPS) is 15.2. The van der Waals surface area contributed by atoms with E-state index in [-0.39, 0.29) is 0 Å². The van der Waals surface area contributed by atoms with Gasteiger partial charge in [-0.25, -0.2) is 0 Å². The van der Waals surface area contributed by atoms with Crippen LogP contribution in [0.3, 0.4) is 0 Å². The summed E-state index contributed by atoms with van der Waals surface area (Å²) in [6, 6.07) is 9.37. The fraction of sp³-hybridized carbons (Fsp3) is 0.350. The Morgan fingerprint density at radius 1 is 1.28 bits per heavy atom. The number of fused-ring (bicyclic) bond motifs is 2. The Hall–Kier alpha value is -2.53. The van der Waals surface area contributed by atoms with Crippen LogP contribution in [0.1, 0.15) is 35.5 Å². The summed E-state index contributed by atoms with van der Waals surface area (Å²) >= 11 is 0. The van der Waals surface area contributed by atoms with Gasteiger partial charge >= 0.3 is 5.97 Å². The summed E-state index contributed by atoms with van der Waals surface area (Å²) in [7, 11) is 0. The van der Waals surface area contributed by atoms with Crippen LogP contribution in [0.15, 0.2) is 40.9 Å². The van der Waals surface area contributed by atoms with Crippen LogP contribution in [0.25, 0.3) is 10.9 Å². The van der Waals surface area contributed by atoms with E-state index < -0.39 is 12.0 Å². The molecule has 0 bridgehead atoms. The van der Waals surface area contributed by atoms with Crippen molar-refractivity contribution < 1.29 is 14.3 Å². The molecule has 0 fully saturated rings. The molecule has 0 radical (unpaired) electrons. The molecule has 4 rings (SSSR count). The molecule has 130 valence electrons. The Kier molecular flexibility index (Phi) is 4.32. The number of aromatic nitrogens is 1. The van der Waals surface area contributed by atoms with Crippen LogP contribution in [-0.2, 0) is 30.6 Å². The van der Waals surface area contributed by atoms with Crippen molar-refractivity contribution in [1.29, 1.82) is 0 Å². The van der Waals surface area contributed by atoms with Crippen LogP contribution in [-0.4, -0.2) is 22.1 Å². The number of para-hydroxylation sites is 1. The van der Waals surface area contributed by atoms with Crippen molar-refractivity contribution in [2.24, 2.45) is 0 Å². The fourth-order valence-corrected chi connectivity index (χ4v) is 3.63. The van der Waals surface area contributed by atoms with Gasteiger partial charge in [0, 0.05) is 29.9 Å². The molecule has 0 spiro atoms. The SMILES string of the molecule is O=C(O)[C@@H](Cc1c[nH]c2ccccc12)NCc1cc2c(o1)CCCC2. The third kappa shape index (κ3) is 3.33. The largest absolute Gasteiger partial charge is 0.480 e. The number of rotatable bonds is 6. The maximum atomic E-state index is 11.7. The summed E-state index contributed by atoms with van der Waals surface area (Å²) in [5.41, 5.74) is 3.32. The summed E-state index contributed by atoms with van der Waals surface area (Å²) in [5, 5.41) is 13.8. The molecule has 1 atom stereocenters. The Balaban J connectivity index is 1.46. The molecule has 0 saturated heterocycles. The Labute approximate surface area is 146 Å². The van der Waals surface area contributed by atoms with E-state index >= 15 is 0 Å². The maximum Gasteiger partial charge on any atom is 0.321 e. The Morgan fingerprint density at radius 2 is 2.12 bits per heavy atom. The van der Waals surface area contributed by atoms with Crippen molar-refractivity contribution >= 4 is 16.9 Å². The molecule has 3 aromatic rings. The Bertz CT molecular complexity index is 870. The van der Waals surface area contributed by atoms with Crippen molar-refractivity contribution in [3.05, 3.63) is 59.2 Å². The highest BCUT2D eigenvalue weighted by Gasteiger charge is 2.21. The van der Waals surface area contributed by atoms with Crippen LogP contribution in [0.4, 0.5) is 0 Å². The minimum Gasteiger partial charge on any atom is -0.480 e. The number of nitrogens with one attached hydrogen (secondary N) is 2. The number of aryl methyl sites for hydroxylation is 2. The number of aliphatic carboxylic acids is 1. The van der Waals surface area contributed by atoms with Gasteiger partial charge in [0.15, 0.2) is 0 Å². The van der Waals surface area contributed by atoms with E-state index in [4.69, 9.17) is 4.42 Å². The zero-order valence-corrected chi connectivity index (χ0v) is 14.0. The van der Waals surface area contributed by atoms with Gasteiger partial charge in [-0.15, -0.1) is 0 Å². The lowest BCUT2D eigenvalue weighted by atomic mass is 9.99. The van der Waals surface area contributed by atoms with Crippen LogP contribution < -0.4 is 5.32 Å². The number of carboxylic acids is 1. The molecule has 0 unspecified atom stereocenters. The predicted octanol–water partition coefficient (Wildman–Crippen LogP) is 3.43. The highest BCUT2D eigenvalue weighted by molar-refractivity contribution is 5.84. The van der Waals surface area contributed by atoms with Crippen LogP contribution in [0.5, 0.6) is 0 Å². The Morgan fingerprint density at radius 3 is 2.96 bits per heavy atom. The number of benzene rings is 1. The standard InChI is InChI=1S/C20H22N2O3/c23-20(24)18(10-14-11-21-17-7-3-2-6-16(14)17)22-12-15-9-13-5-1-4-8-19(13)25-15/h2-3,6-7,9,11,18,21-22H,1,4-5,8,10,12H2,(H,23,24)/t18-/m1/s1. The molecule has 0 amide bonds. The molecule has 2 heterocycles. The van der Waals surface area contributed by atoms with Crippen molar-refractivity contribution in [1.82, 2.24) is 10.3 Å². The van der Waals surface area contributed by atoms with Gasteiger partial charge in [0.05, 0.1) is 6.54 Å². The lowest BCUT2D eigenvalue weighted by Gasteiger charge is -2.13. The van der Waals surface area contributed by atoms with Gasteiger partial charge in [-0.05, 0) is 42.5 Å². The minimum absolute atomic E-state index is 0.430. The predicted molar refractivity (Wildman–Crippen MR) is 95.6 cm³/mol. The second-order valence-corrected chi connectivity index (χ2v) is 6.70. The van der Waals surface area contributed by atoms with E-state index in [0.29, 0.717) is 13.0 Å². The van der Waals surface area contributed by atoms with Crippen molar-refractivity contribution in [2.45, 2.75) is 44.7 Å². The third-order valence-electron chi connectivity index (χ3n) is 4.97. The summed E-state index contributed by atoms with van der Waals surface area (Å²) in [6.07, 6.45) is 6.76. The van der Waals surface area contributed by atoms with Crippen molar-refractivity contribution in [3.8, 4) is 0 Å². The minimum atomic E-state index is -0.846. The smallest absolute Gasteiger partial charge is 0.321 e. The van der Waals surface area contributed by atoms with E-state index in [1.54, 1.807) is 0 Å². The first-order valence-corrected chi connectivity index (χ1v) is 8.82. The van der Waals surface area contributed by atoms with Gasteiger partial charge in [0.1, 0.15) is 17.6 Å². The molecular formula is C20H22N2O3. The van der Waals surface area contributed by atoms with Crippen molar-refractivity contribution in [2.75, 3.05) is 0 Å². The summed E-state index contributed by atoms with van der Waals surface area (Å²) in [5.74, 6) is 1.06. The molecule has 0 saturated carbocycles. The quantitative estimate of drug-likeness (QED) is 0.643. The van der Waals surface area contributed by atoms with Gasteiger partial charge in [0.2, 0.25) is 0 Å². The topological polar surface area (TPSA) is 78.3 Å². The van der Waals surface area contributed by atoms with Crippen molar-refractivity contribution in [3.63, 3.8) is 0 Å². The van der Waals surface area contributed by atoms with Crippen LogP contribution >= 0.6 is 0 Å². The first kappa shape index (κ1) is 16.0. The van der Waals surface area contributed by atoms with E-state index in [1.165, 1.54) is 18.4 Å². The second-order valence-electron chi connectivity index (χ2n) is 6.70. The third-order valence-corrected chi connectivity index (χ3v) is 4.97. The van der Waals surface area contributed by atoms with Gasteiger partial charge in [0.25, 0.3) is 0 Å². The molecule has 3 N–H and O–H groups in total. The second kappa shape index (κ2) is 6.76. The molecule has 25 heavy (non-hydrogen) atoms. The highest BCUT2D eigenvalue weighted by Crippen LogP contribution is 2.25. The van der Waals surface area contributed by atoms with Gasteiger partial charge in [-0.2, -0.15) is 0 Å².